The molecule has 5 amide bonds. The Morgan fingerprint density at radius 2 is 1.57 bits per heavy atom. The lowest BCUT2D eigenvalue weighted by Gasteiger charge is -2.20. The third-order valence-corrected chi connectivity index (χ3v) is 4.27. The highest BCUT2D eigenvalue weighted by atomic mass is 19.1. The van der Waals surface area contributed by atoms with Crippen molar-refractivity contribution in [2.24, 2.45) is 0 Å². The summed E-state index contributed by atoms with van der Waals surface area (Å²) in [5.41, 5.74) is 0.202. The van der Waals surface area contributed by atoms with Gasteiger partial charge in [0.05, 0.1) is 16.8 Å². The average Bonchev–Trinajstić information content (AvgIpc) is 2.98. The first-order valence-electron chi connectivity index (χ1n) is 8.78. The maximum atomic E-state index is 13.5. The molecule has 0 unspecified atom stereocenters. The van der Waals surface area contributed by atoms with Crippen molar-refractivity contribution in [2.75, 3.05) is 11.9 Å². The Kier molecular flexibility index (Phi) is 5.86. The summed E-state index contributed by atoms with van der Waals surface area (Å²) in [6.45, 7) is 0.448. The lowest BCUT2D eigenvalue weighted by Crippen LogP contribution is -2.45. The lowest BCUT2D eigenvalue weighted by molar-refractivity contribution is -0.151. The maximum Gasteiger partial charge on any atom is 0.329 e. The standard InChI is InChI=1S/C20H16FN3O6/c1-11(24-17(26)12-6-2-3-7-13(12)18(24)27)19(28)30-10-16(25)23-20(29)22-15-9-5-4-8-14(15)21/h2-9,11H,10H2,1H3,(H2,22,23,25,29)/t11-/m1/s1. The number of carbonyl (C=O) groups is 5. The monoisotopic (exact) mass is 413 g/mol. The number of amides is 5. The van der Waals surface area contributed by atoms with E-state index in [1.54, 1.807) is 12.1 Å². The normalized spacial score (nSPS) is 13.5. The van der Waals surface area contributed by atoms with Crippen molar-refractivity contribution in [3.8, 4) is 0 Å². The first-order chi connectivity index (χ1) is 14.3. The number of imide groups is 2. The van der Waals surface area contributed by atoms with Crippen molar-refractivity contribution in [1.29, 1.82) is 0 Å². The summed E-state index contributed by atoms with van der Waals surface area (Å²) < 4.78 is 18.3. The van der Waals surface area contributed by atoms with Crippen LogP contribution in [0.15, 0.2) is 48.5 Å². The number of anilines is 1. The van der Waals surface area contributed by atoms with E-state index >= 15 is 0 Å². The smallest absolute Gasteiger partial charge is 0.329 e. The predicted molar refractivity (Wildman–Crippen MR) is 101 cm³/mol. The van der Waals surface area contributed by atoms with Gasteiger partial charge in [0.25, 0.3) is 17.7 Å². The molecule has 1 aliphatic rings. The number of nitrogens with zero attached hydrogens (tertiary/aromatic N) is 1. The minimum absolute atomic E-state index is 0.140. The predicted octanol–water partition coefficient (Wildman–Crippen LogP) is 1.70. The number of halogens is 1. The van der Waals surface area contributed by atoms with Crippen molar-refractivity contribution in [2.45, 2.75) is 13.0 Å². The fourth-order valence-electron chi connectivity index (χ4n) is 2.80. The highest BCUT2D eigenvalue weighted by Crippen LogP contribution is 2.24. The number of fused-ring (bicyclic) bond motifs is 1. The fraction of sp³-hybridized carbons (Fsp3) is 0.150. The van der Waals surface area contributed by atoms with Gasteiger partial charge < -0.3 is 10.1 Å². The van der Waals surface area contributed by atoms with Gasteiger partial charge in [-0.05, 0) is 31.2 Å². The van der Waals surface area contributed by atoms with Gasteiger partial charge in [0.1, 0.15) is 11.9 Å². The van der Waals surface area contributed by atoms with Gasteiger partial charge in [0, 0.05) is 0 Å². The van der Waals surface area contributed by atoms with Crippen molar-refractivity contribution >= 4 is 35.4 Å². The highest BCUT2D eigenvalue weighted by Gasteiger charge is 2.41. The number of carbonyl (C=O) groups excluding carboxylic acids is 5. The minimum atomic E-state index is -1.28. The Bertz CT molecular complexity index is 1020. The van der Waals surface area contributed by atoms with Crippen LogP contribution in [0, 0.1) is 5.82 Å². The van der Waals surface area contributed by atoms with Crippen LogP contribution in [-0.4, -0.2) is 47.3 Å². The zero-order valence-electron chi connectivity index (χ0n) is 15.7. The van der Waals surface area contributed by atoms with Crippen LogP contribution in [0.25, 0.3) is 0 Å². The SMILES string of the molecule is C[C@H](C(=O)OCC(=O)NC(=O)Nc1ccccc1F)N1C(=O)c2ccccc2C1=O. The van der Waals surface area contributed by atoms with Crippen LogP contribution >= 0.6 is 0 Å². The van der Waals surface area contributed by atoms with E-state index in [9.17, 15) is 28.4 Å². The molecule has 0 saturated carbocycles. The van der Waals surface area contributed by atoms with Crippen molar-refractivity contribution in [1.82, 2.24) is 10.2 Å². The van der Waals surface area contributed by atoms with Crippen LogP contribution in [0.3, 0.4) is 0 Å². The summed E-state index contributed by atoms with van der Waals surface area (Å²) in [7, 11) is 0. The summed E-state index contributed by atoms with van der Waals surface area (Å²) in [5.74, 6) is -3.97. The van der Waals surface area contributed by atoms with Crippen molar-refractivity contribution < 1.29 is 33.1 Å². The molecule has 2 aromatic rings. The molecule has 154 valence electrons. The van der Waals surface area contributed by atoms with Gasteiger partial charge in [0.15, 0.2) is 6.61 Å². The first kappa shape index (κ1) is 20.6. The summed E-state index contributed by atoms with van der Waals surface area (Å²) in [6, 6.07) is 9.15. The third kappa shape index (κ3) is 4.17. The Labute approximate surface area is 169 Å². The zero-order chi connectivity index (χ0) is 21.8. The molecule has 0 saturated heterocycles. The molecule has 0 aromatic heterocycles. The summed E-state index contributed by atoms with van der Waals surface area (Å²) in [6.07, 6.45) is 0. The van der Waals surface area contributed by atoms with Crippen LogP contribution in [0.5, 0.6) is 0 Å². The molecule has 30 heavy (non-hydrogen) atoms. The Hall–Kier alpha value is -4.08. The second kappa shape index (κ2) is 8.52. The molecule has 10 heteroatoms. The summed E-state index contributed by atoms with van der Waals surface area (Å²) in [5, 5.41) is 4.00. The quantitative estimate of drug-likeness (QED) is 0.568. The second-order valence-electron chi connectivity index (χ2n) is 6.29. The van der Waals surface area contributed by atoms with Crippen LogP contribution in [0.4, 0.5) is 14.9 Å². The van der Waals surface area contributed by atoms with Gasteiger partial charge in [-0.2, -0.15) is 0 Å². The fourth-order valence-corrected chi connectivity index (χ4v) is 2.80. The van der Waals surface area contributed by atoms with E-state index in [2.05, 4.69) is 5.32 Å². The molecule has 1 aliphatic heterocycles. The largest absolute Gasteiger partial charge is 0.454 e. The van der Waals surface area contributed by atoms with Crippen LogP contribution in [0.1, 0.15) is 27.6 Å². The molecule has 1 atom stereocenters. The highest BCUT2D eigenvalue weighted by molar-refractivity contribution is 6.22. The Morgan fingerprint density at radius 3 is 2.17 bits per heavy atom. The second-order valence-corrected chi connectivity index (χ2v) is 6.29. The van der Waals surface area contributed by atoms with Gasteiger partial charge in [-0.1, -0.05) is 24.3 Å². The van der Waals surface area contributed by atoms with E-state index in [-0.39, 0.29) is 16.8 Å². The molecule has 2 aromatic carbocycles. The number of hydrogen-bond donors (Lipinski definition) is 2. The number of para-hydroxylation sites is 1. The first-order valence-corrected chi connectivity index (χ1v) is 8.78. The van der Waals surface area contributed by atoms with Gasteiger partial charge in [-0.25, -0.2) is 14.0 Å². The zero-order valence-corrected chi connectivity index (χ0v) is 15.7. The molecule has 9 nitrogen and oxygen atoms in total. The Balaban J connectivity index is 1.52. The van der Waals surface area contributed by atoms with Gasteiger partial charge in [0.2, 0.25) is 0 Å². The topological polar surface area (TPSA) is 122 Å². The number of hydrogen-bond acceptors (Lipinski definition) is 6. The molecule has 0 bridgehead atoms. The van der Waals surface area contributed by atoms with E-state index < -0.39 is 48.2 Å². The number of nitrogens with one attached hydrogen (secondary N) is 2. The van der Waals surface area contributed by atoms with E-state index in [4.69, 9.17) is 4.74 Å². The maximum absolute atomic E-state index is 13.5. The van der Waals surface area contributed by atoms with Crippen molar-refractivity contribution in [3.63, 3.8) is 0 Å². The molecular formula is C20H16FN3O6. The van der Waals surface area contributed by atoms with Crippen LogP contribution < -0.4 is 10.6 Å². The van der Waals surface area contributed by atoms with E-state index in [0.29, 0.717) is 0 Å². The molecule has 0 radical (unpaired) electrons. The number of rotatable bonds is 5. The number of esters is 1. The molecule has 0 aliphatic carbocycles. The summed E-state index contributed by atoms with van der Waals surface area (Å²) in [4.78, 5) is 61.2. The molecule has 3 rings (SSSR count). The number of ether oxygens (including phenoxy) is 1. The Morgan fingerprint density at radius 1 is 1.00 bits per heavy atom. The van der Waals surface area contributed by atoms with Crippen molar-refractivity contribution in [3.05, 3.63) is 65.5 Å². The van der Waals surface area contributed by atoms with Crippen LogP contribution in [0.2, 0.25) is 0 Å². The van der Waals surface area contributed by atoms with Gasteiger partial charge in [-0.15, -0.1) is 0 Å². The van der Waals surface area contributed by atoms with Gasteiger partial charge in [-0.3, -0.25) is 24.6 Å². The molecule has 0 spiro atoms. The molecule has 1 heterocycles. The third-order valence-electron chi connectivity index (χ3n) is 4.27. The number of urea groups is 1. The van der Waals surface area contributed by atoms with Crippen LogP contribution in [-0.2, 0) is 14.3 Å². The summed E-state index contributed by atoms with van der Waals surface area (Å²) >= 11 is 0. The van der Waals surface area contributed by atoms with Gasteiger partial charge >= 0.3 is 12.0 Å². The minimum Gasteiger partial charge on any atom is -0.454 e. The van der Waals surface area contributed by atoms with E-state index in [1.165, 1.54) is 37.3 Å². The number of benzene rings is 2. The molecule has 0 fully saturated rings. The van der Waals surface area contributed by atoms with E-state index in [1.807, 2.05) is 5.32 Å². The lowest BCUT2D eigenvalue weighted by atomic mass is 10.1. The molecule has 2 N–H and O–H groups in total. The average molecular weight is 413 g/mol. The molecular weight excluding hydrogens is 397 g/mol. The van der Waals surface area contributed by atoms with E-state index in [0.717, 1.165) is 11.0 Å².